The molecule has 2 aromatic rings. The van der Waals surface area contributed by atoms with Crippen LogP contribution in [0, 0.1) is 0 Å². The molecule has 416 valence electrons. The van der Waals surface area contributed by atoms with Crippen LogP contribution >= 0.6 is 47.0 Å². The third kappa shape index (κ3) is 17.4. The monoisotopic (exact) mass is 1130 g/mol. The normalized spacial score (nSPS) is 20.3. The molecule has 0 radical (unpaired) electrons. The maximum atomic E-state index is 13.2. The summed E-state index contributed by atoms with van der Waals surface area (Å²) in [5.74, 6) is -2.78. The van der Waals surface area contributed by atoms with Gasteiger partial charge in [0.15, 0.2) is 6.04 Å². The first-order valence-electron chi connectivity index (χ1n) is 25.6. The number of ketones is 2. The summed E-state index contributed by atoms with van der Waals surface area (Å²) in [7, 11) is 6.99. The minimum absolute atomic E-state index is 0.00439. The molecule has 76 heavy (non-hydrogen) atoms. The molecule has 7 N–H and O–H groups in total. The van der Waals surface area contributed by atoms with Gasteiger partial charge >= 0.3 is 5.97 Å². The van der Waals surface area contributed by atoms with Gasteiger partial charge < -0.3 is 41.9 Å². The van der Waals surface area contributed by atoms with Crippen molar-refractivity contribution in [1.82, 2.24) is 46.6 Å². The number of nitrogens with zero attached hydrogens (tertiary/aromatic N) is 3. The second-order valence-corrected chi connectivity index (χ2v) is 25.8. The van der Waals surface area contributed by atoms with E-state index in [2.05, 4.69) is 31.9 Å². The summed E-state index contributed by atoms with van der Waals surface area (Å²) in [6.45, 7) is 4.24. The summed E-state index contributed by atoms with van der Waals surface area (Å²) >= 11 is 7.58. The largest absolute Gasteiger partial charge is 0.479 e. The summed E-state index contributed by atoms with van der Waals surface area (Å²) in [6, 6.07) is 12.0. The lowest BCUT2D eigenvalue weighted by Crippen LogP contribution is -2.52. The van der Waals surface area contributed by atoms with Crippen LogP contribution in [0.15, 0.2) is 60.7 Å². The van der Waals surface area contributed by atoms with Gasteiger partial charge in [-0.1, -0.05) is 87.4 Å². The van der Waals surface area contributed by atoms with E-state index in [9.17, 15) is 53.1 Å². The smallest absolute Gasteiger partial charge is 0.330 e. The first-order chi connectivity index (χ1) is 36.2. The predicted molar refractivity (Wildman–Crippen MR) is 297 cm³/mol. The zero-order valence-corrected chi connectivity index (χ0v) is 47.3. The third-order valence-electron chi connectivity index (χ3n) is 13.2. The van der Waals surface area contributed by atoms with E-state index in [-0.39, 0.29) is 44.4 Å². The maximum Gasteiger partial charge on any atom is 0.330 e. The second-order valence-electron chi connectivity index (χ2n) is 19.4. The molecular formula is C52H73N9O11S4. The molecule has 24 heteroatoms. The van der Waals surface area contributed by atoms with E-state index in [4.69, 9.17) is 0 Å². The molecule has 4 fully saturated rings. The van der Waals surface area contributed by atoms with Crippen molar-refractivity contribution in [3.8, 4) is 0 Å². The van der Waals surface area contributed by atoms with Gasteiger partial charge in [0.25, 0.3) is 11.8 Å². The van der Waals surface area contributed by atoms with Crippen molar-refractivity contribution in [2.75, 3.05) is 77.4 Å². The number of Topliss-reactive ketones (excluding diaryl/α,β-unsaturated/α-hetero) is 2. The molecule has 6 atom stereocenters. The van der Waals surface area contributed by atoms with Crippen LogP contribution in [0.1, 0.15) is 88.4 Å². The van der Waals surface area contributed by atoms with Crippen LogP contribution in [0.3, 0.4) is 0 Å². The highest BCUT2D eigenvalue weighted by molar-refractivity contribution is 8.19. The van der Waals surface area contributed by atoms with E-state index >= 15 is 0 Å². The molecule has 0 bridgehead atoms. The highest BCUT2D eigenvalue weighted by Gasteiger charge is 2.49. The van der Waals surface area contributed by atoms with E-state index in [1.54, 1.807) is 74.8 Å². The Labute approximate surface area is 462 Å². The number of nitrogens with one attached hydrogen (secondary N) is 6. The minimum atomic E-state index is -1.29. The number of likely N-dealkylation sites (N-methyl/N-ethyl adjacent to an activating group) is 3. The van der Waals surface area contributed by atoms with E-state index in [0.717, 1.165) is 48.9 Å². The Balaban J connectivity index is 0.000000281. The summed E-state index contributed by atoms with van der Waals surface area (Å²) in [4.78, 5) is 132. The Kier molecular flexibility index (Phi) is 24.0. The molecule has 2 unspecified atom stereocenters. The summed E-state index contributed by atoms with van der Waals surface area (Å²) in [5.41, 5.74) is 0.974. The summed E-state index contributed by atoms with van der Waals surface area (Å²) in [5, 5.41) is 24.6. The number of hydrogen-bond donors (Lipinski definition) is 7. The van der Waals surface area contributed by atoms with Crippen molar-refractivity contribution < 1.29 is 53.1 Å². The number of carbonyl (C=O) groups excluding carboxylic acids is 9. The number of carboxylic acid groups (broad SMARTS) is 1. The molecule has 0 aliphatic carbocycles. The Morgan fingerprint density at radius 3 is 1.32 bits per heavy atom. The van der Waals surface area contributed by atoms with Gasteiger partial charge in [-0.3, -0.25) is 53.0 Å². The molecule has 4 aliphatic rings. The van der Waals surface area contributed by atoms with Gasteiger partial charge in [0.1, 0.15) is 6.04 Å². The Bertz CT molecular complexity index is 2380. The lowest BCUT2D eigenvalue weighted by atomic mass is 10.0. The fraction of sp³-hybridized carbons (Fsp3) is 0.577. The molecule has 6 rings (SSSR count). The van der Waals surface area contributed by atoms with Crippen LogP contribution in [0.5, 0.6) is 0 Å². The number of carboxylic acids is 1. The molecule has 7 amide bonds. The number of carbonyl (C=O) groups is 10. The third-order valence-corrected chi connectivity index (χ3v) is 19.9. The number of aliphatic carboxylic acids is 1. The van der Waals surface area contributed by atoms with Gasteiger partial charge in [0, 0.05) is 27.2 Å². The Hall–Kier alpha value is -5.14. The molecule has 4 heterocycles. The zero-order chi connectivity index (χ0) is 55.6. The van der Waals surface area contributed by atoms with Gasteiger partial charge in [0.05, 0.1) is 45.4 Å². The standard InChI is InChI=1S/C27H39N5O5S2.C25H34N4O6S2/c1-5-10-19(29-24(35)20-15-27(17-32(20)4)38-13-9-14-39-27)23(34)25(36)28-16-21(33)30-22(26(37)31(2)3)18-11-7-6-8-12-18;1-3-8-17(27-22(32)18-13-25(15-29(18)2)36-11-7-12-37-25)21(31)23(33)26-14-19(30)28-20(24(34)35)16-9-5-4-6-10-16/h6-8,11-12,19-20,22H,5,9-10,13-17H2,1-4H3,(H,28,36)(H,29,35)(H,30,33);4-6,9-10,17-18,20H,3,7-8,11-15H2,1-2H3,(H,26,33)(H,27,32)(H,28,30)(H,34,35)/t19?,20-,22-;17?,18-,20-/m00/s1. The van der Waals surface area contributed by atoms with Gasteiger partial charge in [-0.2, -0.15) is 0 Å². The topological polar surface area (TPSA) is 273 Å². The number of rotatable bonds is 22. The van der Waals surface area contributed by atoms with Crippen molar-refractivity contribution in [3.05, 3.63) is 71.8 Å². The van der Waals surface area contributed by atoms with Crippen molar-refractivity contribution in [2.45, 2.75) is 110 Å². The lowest BCUT2D eigenvalue weighted by molar-refractivity contribution is -0.142. The van der Waals surface area contributed by atoms with Crippen molar-refractivity contribution in [1.29, 1.82) is 0 Å². The first kappa shape index (κ1) is 61.7. The van der Waals surface area contributed by atoms with Crippen molar-refractivity contribution in [2.24, 2.45) is 0 Å². The van der Waals surface area contributed by atoms with Crippen LogP contribution in [0.2, 0.25) is 0 Å². The van der Waals surface area contributed by atoms with Crippen LogP contribution in [-0.2, 0) is 47.9 Å². The van der Waals surface area contributed by atoms with Gasteiger partial charge in [0.2, 0.25) is 41.1 Å². The predicted octanol–water partition coefficient (Wildman–Crippen LogP) is 2.34. The van der Waals surface area contributed by atoms with Crippen LogP contribution < -0.4 is 31.9 Å². The van der Waals surface area contributed by atoms with E-state index in [0.29, 0.717) is 43.2 Å². The number of likely N-dealkylation sites (tertiary alicyclic amines) is 2. The maximum absolute atomic E-state index is 13.2. The van der Waals surface area contributed by atoms with Crippen molar-refractivity contribution >= 4 is 106 Å². The molecule has 20 nitrogen and oxygen atoms in total. The number of amides is 7. The average Bonchev–Trinajstić information content (AvgIpc) is 3.91. The summed E-state index contributed by atoms with van der Waals surface area (Å²) in [6.07, 6.45) is 5.43. The van der Waals surface area contributed by atoms with E-state index < -0.39 is 78.4 Å². The molecule has 2 aromatic carbocycles. The number of benzene rings is 2. The molecule has 4 aliphatic heterocycles. The summed E-state index contributed by atoms with van der Waals surface area (Å²) < 4.78 is -0.0207. The number of thioether (sulfide) groups is 4. The van der Waals surface area contributed by atoms with Crippen molar-refractivity contribution in [3.63, 3.8) is 0 Å². The van der Waals surface area contributed by atoms with Crippen LogP contribution in [-0.4, -0.2) is 188 Å². The zero-order valence-electron chi connectivity index (χ0n) is 44.1. The lowest BCUT2D eigenvalue weighted by Gasteiger charge is -2.31. The quantitative estimate of drug-likeness (QED) is 0.0834. The Morgan fingerprint density at radius 1 is 0.592 bits per heavy atom. The highest BCUT2D eigenvalue weighted by atomic mass is 32.2. The van der Waals surface area contributed by atoms with E-state index in [1.807, 2.05) is 84.8 Å². The van der Waals surface area contributed by atoms with Crippen LogP contribution in [0.4, 0.5) is 0 Å². The minimum Gasteiger partial charge on any atom is -0.479 e. The highest BCUT2D eigenvalue weighted by Crippen LogP contribution is 2.51. The molecule has 0 saturated carbocycles. The van der Waals surface area contributed by atoms with Crippen LogP contribution in [0.25, 0.3) is 0 Å². The van der Waals surface area contributed by atoms with Gasteiger partial charge in [-0.15, -0.1) is 47.0 Å². The van der Waals surface area contributed by atoms with Gasteiger partial charge in [-0.05, 0) is 86.8 Å². The average molecular weight is 1130 g/mol. The second kappa shape index (κ2) is 29.6. The molecule has 2 spiro atoms. The number of hydrogen-bond acceptors (Lipinski definition) is 16. The fourth-order valence-corrected chi connectivity index (χ4v) is 16.2. The fourth-order valence-electron chi connectivity index (χ4n) is 9.26. The molecule has 4 saturated heterocycles. The van der Waals surface area contributed by atoms with E-state index in [1.165, 1.54) is 4.90 Å². The molecule has 0 aromatic heterocycles. The SMILES string of the molecule is CCCC(NC(=O)[C@@H]1CC2(CN1C)SCCCS2)C(=O)C(=O)NCC(=O)N[C@H](C(=O)N(C)C)c1ccccc1.CCCC(NC(=O)[C@@H]1CC2(CN1C)SCCCS2)C(=O)C(=O)NCC(=O)N[C@H](C(=O)O)c1ccccc1. The van der Waals surface area contributed by atoms with Gasteiger partial charge in [-0.25, -0.2) is 4.79 Å². The first-order valence-corrected chi connectivity index (χ1v) is 29.5. The molecular weight excluding hydrogens is 1050 g/mol. The Morgan fingerprint density at radius 2 is 0.961 bits per heavy atom.